The number of carbonyl (C=O) groups is 1. The molecular weight excluding hydrogens is 198 g/mol. The van der Waals surface area contributed by atoms with E-state index in [1.54, 1.807) is 29.7 Å². The molecule has 1 aromatic rings. The fraction of sp³-hybridized carbons (Fsp3) is 0.300. The number of ether oxygens (including phenoxy) is 2. The van der Waals surface area contributed by atoms with Crippen LogP contribution in [-0.2, 0) is 9.47 Å². The highest BCUT2D eigenvalue weighted by atomic mass is 16.7. The quantitative estimate of drug-likeness (QED) is 0.444. The summed E-state index contributed by atoms with van der Waals surface area (Å²) in [6.45, 7) is 0. The Kier molecular flexibility index (Phi) is 4.23. The van der Waals surface area contributed by atoms with Gasteiger partial charge in [-0.3, -0.25) is 10.0 Å². The molecule has 2 N–H and O–H groups in total. The van der Waals surface area contributed by atoms with E-state index in [0.717, 1.165) is 5.56 Å². The van der Waals surface area contributed by atoms with E-state index >= 15 is 0 Å². The SMILES string of the molecule is COC(OC)c1ccc(C(=O)NO)cc1. The molecule has 0 radical (unpaired) electrons. The molecule has 5 nitrogen and oxygen atoms in total. The Hall–Kier alpha value is -1.43. The van der Waals surface area contributed by atoms with E-state index in [2.05, 4.69) is 0 Å². The van der Waals surface area contributed by atoms with Gasteiger partial charge in [-0.1, -0.05) is 12.1 Å². The zero-order valence-corrected chi connectivity index (χ0v) is 8.56. The maximum Gasteiger partial charge on any atom is 0.274 e. The number of rotatable bonds is 4. The summed E-state index contributed by atoms with van der Waals surface area (Å²) in [5.41, 5.74) is 2.72. The minimum absolute atomic E-state index is 0.368. The highest BCUT2D eigenvalue weighted by molar-refractivity contribution is 5.93. The van der Waals surface area contributed by atoms with Gasteiger partial charge in [0, 0.05) is 25.3 Å². The number of carbonyl (C=O) groups excluding carboxylic acids is 1. The lowest BCUT2D eigenvalue weighted by Crippen LogP contribution is -2.18. The Balaban J connectivity index is 2.84. The topological polar surface area (TPSA) is 67.8 Å². The lowest BCUT2D eigenvalue weighted by Gasteiger charge is -2.13. The average Bonchev–Trinajstić information content (AvgIpc) is 2.30. The number of methoxy groups -OCH3 is 2. The van der Waals surface area contributed by atoms with Crippen LogP contribution in [0.2, 0.25) is 0 Å². The van der Waals surface area contributed by atoms with Gasteiger partial charge in [-0.05, 0) is 12.1 Å². The van der Waals surface area contributed by atoms with Crippen molar-refractivity contribution >= 4 is 5.91 Å². The van der Waals surface area contributed by atoms with Crippen LogP contribution in [0, 0.1) is 0 Å². The van der Waals surface area contributed by atoms with Crippen LogP contribution >= 0.6 is 0 Å². The monoisotopic (exact) mass is 211 g/mol. The molecular formula is C10H13NO4. The molecule has 0 saturated carbocycles. The number of hydroxylamine groups is 1. The first-order valence-electron chi connectivity index (χ1n) is 4.33. The normalized spacial score (nSPS) is 10.4. The van der Waals surface area contributed by atoms with Gasteiger partial charge in [-0.25, -0.2) is 5.48 Å². The number of nitrogens with one attached hydrogen (secondary N) is 1. The van der Waals surface area contributed by atoms with E-state index in [0.29, 0.717) is 5.56 Å². The lowest BCUT2D eigenvalue weighted by molar-refractivity contribution is -0.106. The van der Waals surface area contributed by atoms with Crippen LogP contribution in [0.15, 0.2) is 24.3 Å². The smallest absolute Gasteiger partial charge is 0.274 e. The summed E-state index contributed by atoms with van der Waals surface area (Å²) >= 11 is 0. The lowest BCUT2D eigenvalue weighted by atomic mass is 10.1. The van der Waals surface area contributed by atoms with Gasteiger partial charge >= 0.3 is 0 Å². The molecule has 0 aliphatic rings. The van der Waals surface area contributed by atoms with Gasteiger partial charge in [0.25, 0.3) is 5.91 Å². The van der Waals surface area contributed by atoms with E-state index in [-0.39, 0.29) is 0 Å². The standard InChI is InChI=1S/C10H13NO4/c1-14-10(15-2)8-5-3-7(4-6-8)9(12)11-13/h3-6,10,13H,1-2H3,(H,11,12). The Labute approximate surface area is 87.6 Å². The summed E-state index contributed by atoms with van der Waals surface area (Å²) in [5.74, 6) is -0.548. The summed E-state index contributed by atoms with van der Waals surface area (Å²) in [7, 11) is 3.06. The van der Waals surface area contributed by atoms with Crippen molar-refractivity contribution in [2.45, 2.75) is 6.29 Å². The van der Waals surface area contributed by atoms with Crippen LogP contribution in [0.5, 0.6) is 0 Å². The second-order valence-electron chi connectivity index (χ2n) is 2.87. The molecule has 0 heterocycles. The summed E-state index contributed by atoms with van der Waals surface area (Å²) in [6, 6.07) is 6.54. The molecule has 0 saturated heterocycles. The molecule has 1 aromatic carbocycles. The third-order valence-corrected chi connectivity index (χ3v) is 1.97. The highest BCUT2D eigenvalue weighted by Crippen LogP contribution is 2.17. The van der Waals surface area contributed by atoms with E-state index < -0.39 is 12.2 Å². The van der Waals surface area contributed by atoms with Crippen LogP contribution in [0.1, 0.15) is 22.2 Å². The third kappa shape index (κ3) is 2.76. The maximum atomic E-state index is 11.0. The molecule has 0 fully saturated rings. The molecule has 5 heteroatoms. The highest BCUT2D eigenvalue weighted by Gasteiger charge is 2.09. The van der Waals surface area contributed by atoms with Crippen molar-refractivity contribution in [3.05, 3.63) is 35.4 Å². The van der Waals surface area contributed by atoms with Gasteiger partial charge in [0.2, 0.25) is 0 Å². The average molecular weight is 211 g/mol. The number of amides is 1. The minimum atomic E-state index is -0.548. The van der Waals surface area contributed by atoms with Crippen molar-refractivity contribution in [3.8, 4) is 0 Å². The van der Waals surface area contributed by atoms with Gasteiger partial charge in [0.1, 0.15) is 0 Å². The van der Waals surface area contributed by atoms with Crippen molar-refractivity contribution in [2.24, 2.45) is 0 Å². The molecule has 0 aliphatic heterocycles. The van der Waals surface area contributed by atoms with Crippen LogP contribution in [-0.4, -0.2) is 25.3 Å². The van der Waals surface area contributed by atoms with Gasteiger partial charge in [0.05, 0.1) is 0 Å². The molecule has 1 amide bonds. The molecule has 0 aliphatic carbocycles. The first kappa shape index (κ1) is 11.6. The molecule has 82 valence electrons. The van der Waals surface area contributed by atoms with Crippen molar-refractivity contribution in [1.82, 2.24) is 5.48 Å². The molecule has 1 rings (SSSR count). The van der Waals surface area contributed by atoms with Gasteiger partial charge in [-0.15, -0.1) is 0 Å². The number of benzene rings is 1. The van der Waals surface area contributed by atoms with Crippen LogP contribution in [0.3, 0.4) is 0 Å². The Morgan fingerprint density at radius 3 is 2.20 bits per heavy atom. The Morgan fingerprint density at radius 2 is 1.80 bits per heavy atom. The van der Waals surface area contributed by atoms with Crippen LogP contribution in [0.25, 0.3) is 0 Å². The van der Waals surface area contributed by atoms with E-state index in [1.807, 2.05) is 0 Å². The summed E-state index contributed by atoms with van der Waals surface area (Å²) in [5, 5.41) is 8.41. The summed E-state index contributed by atoms with van der Waals surface area (Å²) < 4.78 is 10.1. The molecule has 15 heavy (non-hydrogen) atoms. The van der Waals surface area contributed by atoms with Crippen molar-refractivity contribution in [1.29, 1.82) is 0 Å². The van der Waals surface area contributed by atoms with E-state index in [9.17, 15) is 4.79 Å². The number of hydrogen-bond donors (Lipinski definition) is 2. The van der Waals surface area contributed by atoms with Crippen molar-refractivity contribution < 1.29 is 19.5 Å². The van der Waals surface area contributed by atoms with Crippen LogP contribution < -0.4 is 5.48 Å². The molecule has 0 aromatic heterocycles. The van der Waals surface area contributed by atoms with Gasteiger partial charge in [0.15, 0.2) is 6.29 Å². The fourth-order valence-corrected chi connectivity index (χ4v) is 1.22. The van der Waals surface area contributed by atoms with Crippen LogP contribution in [0.4, 0.5) is 0 Å². The summed E-state index contributed by atoms with van der Waals surface area (Å²) in [6.07, 6.45) is -0.448. The molecule has 0 atom stereocenters. The van der Waals surface area contributed by atoms with Gasteiger partial charge < -0.3 is 9.47 Å². The largest absolute Gasteiger partial charge is 0.352 e. The van der Waals surface area contributed by atoms with Gasteiger partial charge in [-0.2, -0.15) is 0 Å². The first-order valence-corrected chi connectivity index (χ1v) is 4.33. The minimum Gasteiger partial charge on any atom is -0.352 e. The molecule has 0 unspecified atom stereocenters. The second kappa shape index (κ2) is 5.45. The van der Waals surface area contributed by atoms with E-state index in [4.69, 9.17) is 14.7 Å². The predicted molar refractivity (Wildman–Crippen MR) is 52.5 cm³/mol. The van der Waals surface area contributed by atoms with Crippen molar-refractivity contribution in [2.75, 3.05) is 14.2 Å². The number of hydrogen-bond acceptors (Lipinski definition) is 4. The zero-order valence-electron chi connectivity index (χ0n) is 8.56. The molecule has 0 spiro atoms. The second-order valence-corrected chi connectivity index (χ2v) is 2.87. The fourth-order valence-electron chi connectivity index (χ4n) is 1.22. The third-order valence-electron chi connectivity index (χ3n) is 1.97. The molecule has 0 bridgehead atoms. The Morgan fingerprint density at radius 1 is 1.27 bits per heavy atom. The Bertz CT molecular complexity index is 319. The maximum absolute atomic E-state index is 11.0. The zero-order chi connectivity index (χ0) is 11.3. The first-order chi connectivity index (χ1) is 7.22. The summed E-state index contributed by atoms with van der Waals surface area (Å²) in [4.78, 5) is 11.0. The van der Waals surface area contributed by atoms with E-state index in [1.165, 1.54) is 14.2 Å². The predicted octanol–water partition coefficient (Wildman–Crippen LogP) is 1.10. The van der Waals surface area contributed by atoms with Crippen molar-refractivity contribution in [3.63, 3.8) is 0 Å².